The molecule has 0 radical (unpaired) electrons. The smallest absolute Gasteiger partial charge is 0.331 e. The van der Waals surface area contributed by atoms with Crippen molar-refractivity contribution in [2.24, 2.45) is 0 Å². The maximum Gasteiger partial charge on any atom is 0.331 e. The first-order chi connectivity index (χ1) is 6.07. The number of ether oxygens (including phenoxy) is 1. The highest BCUT2D eigenvalue weighted by Crippen LogP contribution is 1.97. The van der Waals surface area contributed by atoms with E-state index in [1.165, 1.54) is 7.11 Å². The van der Waals surface area contributed by atoms with Crippen molar-refractivity contribution in [3.63, 3.8) is 0 Å². The highest BCUT2D eigenvalue weighted by Gasteiger charge is 2.14. The molecule has 0 aromatic carbocycles. The Kier molecular flexibility index (Phi) is 5.79. The van der Waals surface area contributed by atoms with Crippen molar-refractivity contribution < 1.29 is 23.4 Å². The lowest BCUT2D eigenvalue weighted by Crippen LogP contribution is -2.29. The van der Waals surface area contributed by atoms with Crippen molar-refractivity contribution in [1.82, 2.24) is 5.32 Å². The van der Waals surface area contributed by atoms with Crippen LogP contribution < -0.4 is 5.32 Å². The molecule has 0 bridgehead atoms. The summed E-state index contributed by atoms with van der Waals surface area (Å²) in [5.41, 5.74) is 0. The summed E-state index contributed by atoms with van der Waals surface area (Å²) in [5, 5.41) is 10.9. The summed E-state index contributed by atoms with van der Waals surface area (Å²) in [4.78, 5) is 10.4. The third-order valence-corrected chi connectivity index (χ3v) is 1.16. The molecule has 0 amide bonds. The predicted octanol–water partition coefficient (Wildman–Crippen LogP) is -0.111. The number of halogens is 2. The Labute approximate surface area is 74.2 Å². The lowest BCUT2D eigenvalue weighted by molar-refractivity contribution is -0.134. The molecular formula is C7H11F2NO3. The number of rotatable bonds is 5. The van der Waals surface area contributed by atoms with E-state index >= 15 is 0 Å². The van der Waals surface area contributed by atoms with Gasteiger partial charge in [0.2, 0.25) is 0 Å². The number of carbonyl (C=O) groups is 1. The molecule has 76 valence electrons. The molecule has 0 aliphatic heterocycles. The molecule has 4 nitrogen and oxygen atoms in total. The van der Waals surface area contributed by atoms with Crippen molar-refractivity contribution >= 4 is 5.97 Å². The van der Waals surface area contributed by atoms with Gasteiger partial charge in [-0.2, -0.15) is 0 Å². The molecule has 0 spiro atoms. The first-order valence-electron chi connectivity index (χ1n) is 3.52. The Bertz CT molecular complexity index is 185. The zero-order valence-electron chi connectivity index (χ0n) is 7.04. The Hall–Kier alpha value is -1.17. The predicted molar refractivity (Wildman–Crippen MR) is 41.2 cm³/mol. The second-order valence-corrected chi connectivity index (χ2v) is 2.17. The number of nitrogens with one attached hydrogen (secondary N) is 1. The molecule has 1 atom stereocenters. The zero-order valence-corrected chi connectivity index (χ0v) is 7.04. The van der Waals surface area contributed by atoms with E-state index in [1.807, 2.05) is 0 Å². The van der Waals surface area contributed by atoms with Gasteiger partial charge in [-0.1, -0.05) is 0 Å². The minimum Gasteiger partial charge on any atom is -0.466 e. The summed E-state index contributed by atoms with van der Waals surface area (Å²) in [6, 6.07) is 0. The van der Waals surface area contributed by atoms with Gasteiger partial charge in [-0.15, -0.1) is 0 Å². The normalized spacial score (nSPS) is 13.3. The van der Waals surface area contributed by atoms with Crippen LogP contribution in [0, 0.1) is 0 Å². The quantitative estimate of drug-likeness (QED) is 0.474. The van der Waals surface area contributed by atoms with E-state index in [0.717, 1.165) is 12.3 Å². The van der Waals surface area contributed by atoms with E-state index in [9.17, 15) is 13.6 Å². The van der Waals surface area contributed by atoms with Crippen LogP contribution in [0.3, 0.4) is 0 Å². The monoisotopic (exact) mass is 195 g/mol. The van der Waals surface area contributed by atoms with E-state index < -0.39 is 18.5 Å². The van der Waals surface area contributed by atoms with Crippen LogP contribution in [-0.4, -0.2) is 37.3 Å². The molecule has 6 heteroatoms. The molecule has 0 rings (SSSR count). The maximum absolute atomic E-state index is 11.7. The number of aliphatic hydroxyl groups is 1. The highest BCUT2D eigenvalue weighted by molar-refractivity contribution is 5.81. The van der Waals surface area contributed by atoms with Crippen LogP contribution in [0.15, 0.2) is 12.3 Å². The molecule has 0 saturated heterocycles. The summed E-state index contributed by atoms with van der Waals surface area (Å²) in [6.45, 7) is -0.314. The van der Waals surface area contributed by atoms with Gasteiger partial charge in [0.25, 0.3) is 6.43 Å². The van der Waals surface area contributed by atoms with Crippen molar-refractivity contribution in [3.05, 3.63) is 12.3 Å². The molecule has 2 N–H and O–H groups in total. The Morgan fingerprint density at radius 2 is 2.31 bits per heavy atom. The third-order valence-electron chi connectivity index (χ3n) is 1.16. The van der Waals surface area contributed by atoms with Gasteiger partial charge >= 0.3 is 5.97 Å². The summed E-state index contributed by atoms with van der Waals surface area (Å²) in [7, 11) is 1.20. The number of hydrogen-bond acceptors (Lipinski definition) is 4. The lowest BCUT2D eigenvalue weighted by Gasteiger charge is -2.07. The fourth-order valence-electron chi connectivity index (χ4n) is 0.473. The van der Waals surface area contributed by atoms with Gasteiger partial charge in [-0.05, 0) is 0 Å². The van der Waals surface area contributed by atoms with Crippen molar-refractivity contribution in [2.45, 2.75) is 12.5 Å². The van der Waals surface area contributed by atoms with Crippen LogP contribution in [0.1, 0.15) is 0 Å². The van der Waals surface area contributed by atoms with Crippen LogP contribution in [0.2, 0.25) is 0 Å². The molecule has 0 aromatic heterocycles. The minimum atomic E-state index is -2.79. The van der Waals surface area contributed by atoms with Crippen LogP contribution in [0.5, 0.6) is 0 Å². The number of methoxy groups -OCH3 is 1. The summed E-state index contributed by atoms with van der Waals surface area (Å²) in [5.74, 6) is -0.598. The van der Waals surface area contributed by atoms with Gasteiger partial charge in [0.05, 0.1) is 7.11 Å². The van der Waals surface area contributed by atoms with Gasteiger partial charge in [-0.3, -0.25) is 0 Å². The molecule has 0 aliphatic rings. The number of esters is 1. The molecule has 0 heterocycles. The van der Waals surface area contributed by atoms with E-state index in [0.29, 0.717) is 0 Å². The standard InChI is InChI=1S/C7H11F2NO3/c1-13-6(12)2-3-10-4-5(11)7(8)9/h2-3,5,7,10-11H,4H2,1H3/b3-2+. The molecule has 0 fully saturated rings. The van der Waals surface area contributed by atoms with Crippen LogP contribution >= 0.6 is 0 Å². The largest absolute Gasteiger partial charge is 0.466 e. The second-order valence-electron chi connectivity index (χ2n) is 2.17. The maximum atomic E-state index is 11.7. The molecule has 13 heavy (non-hydrogen) atoms. The number of hydrogen-bond donors (Lipinski definition) is 2. The van der Waals surface area contributed by atoms with Crippen LogP contribution in [0.25, 0.3) is 0 Å². The number of aliphatic hydroxyl groups excluding tert-OH is 1. The van der Waals surface area contributed by atoms with Crippen molar-refractivity contribution in [1.29, 1.82) is 0 Å². The Morgan fingerprint density at radius 1 is 1.69 bits per heavy atom. The second kappa shape index (κ2) is 6.36. The van der Waals surface area contributed by atoms with Crippen molar-refractivity contribution in [3.8, 4) is 0 Å². The van der Waals surface area contributed by atoms with Crippen LogP contribution in [0.4, 0.5) is 8.78 Å². The van der Waals surface area contributed by atoms with Gasteiger partial charge in [0.1, 0.15) is 6.10 Å². The molecule has 0 aliphatic carbocycles. The molecule has 0 saturated carbocycles. The average molecular weight is 195 g/mol. The zero-order chi connectivity index (χ0) is 10.3. The van der Waals surface area contributed by atoms with E-state index in [-0.39, 0.29) is 6.54 Å². The average Bonchev–Trinajstić information content (AvgIpc) is 2.11. The third kappa shape index (κ3) is 6.03. The number of carbonyl (C=O) groups excluding carboxylic acids is 1. The lowest BCUT2D eigenvalue weighted by atomic mass is 10.4. The summed E-state index contributed by atoms with van der Waals surface area (Å²) >= 11 is 0. The number of alkyl halides is 2. The topological polar surface area (TPSA) is 58.6 Å². The minimum absolute atomic E-state index is 0.314. The van der Waals surface area contributed by atoms with Crippen molar-refractivity contribution in [2.75, 3.05) is 13.7 Å². The Morgan fingerprint density at radius 3 is 2.77 bits per heavy atom. The van der Waals surface area contributed by atoms with Gasteiger partial charge in [-0.25, -0.2) is 13.6 Å². The van der Waals surface area contributed by atoms with E-state index in [1.54, 1.807) is 0 Å². The Balaban J connectivity index is 3.55. The summed E-state index contributed by atoms with van der Waals surface area (Å²) < 4.78 is 27.6. The van der Waals surface area contributed by atoms with E-state index in [4.69, 9.17) is 5.11 Å². The van der Waals surface area contributed by atoms with E-state index in [2.05, 4.69) is 10.1 Å². The van der Waals surface area contributed by atoms with Gasteiger partial charge in [0, 0.05) is 18.8 Å². The first-order valence-corrected chi connectivity index (χ1v) is 3.52. The fourth-order valence-corrected chi connectivity index (χ4v) is 0.473. The SMILES string of the molecule is COC(=O)/C=C/NCC(O)C(F)F. The molecule has 0 aromatic rings. The first kappa shape index (κ1) is 11.8. The highest BCUT2D eigenvalue weighted by atomic mass is 19.3. The molecular weight excluding hydrogens is 184 g/mol. The summed E-state index contributed by atoms with van der Waals surface area (Å²) in [6.07, 6.45) is -2.36. The molecule has 1 unspecified atom stereocenters. The van der Waals surface area contributed by atoms with Crippen LogP contribution in [-0.2, 0) is 9.53 Å². The van der Waals surface area contributed by atoms with Gasteiger partial charge in [0.15, 0.2) is 0 Å². The van der Waals surface area contributed by atoms with Gasteiger partial charge < -0.3 is 15.2 Å². The fraction of sp³-hybridized carbons (Fsp3) is 0.571.